The first kappa shape index (κ1) is 23.4. The molecule has 3 rings (SSSR count). The molecule has 0 bridgehead atoms. The van der Waals surface area contributed by atoms with Crippen LogP contribution >= 0.6 is 0 Å². The summed E-state index contributed by atoms with van der Waals surface area (Å²) >= 11 is 0. The van der Waals surface area contributed by atoms with Crippen molar-refractivity contribution in [1.29, 1.82) is 0 Å². The Morgan fingerprint density at radius 2 is 1.38 bits per heavy atom. The second-order valence-corrected chi connectivity index (χ2v) is 7.37. The Bertz CT molecular complexity index is 892. The van der Waals surface area contributed by atoms with Crippen molar-refractivity contribution in [3.8, 4) is 17.2 Å². The van der Waals surface area contributed by atoms with E-state index in [-0.39, 0.29) is 12.5 Å². The average molecular weight is 442 g/mol. The Balaban J connectivity index is 1.69. The summed E-state index contributed by atoms with van der Waals surface area (Å²) in [4.78, 5) is 27.0. The van der Waals surface area contributed by atoms with Crippen molar-refractivity contribution in [3.63, 3.8) is 0 Å². The quantitative estimate of drug-likeness (QED) is 0.506. The van der Waals surface area contributed by atoms with Gasteiger partial charge in [-0.25, -0.2) is 4.79 Å². The minimum Gasteiger partial charge on any atom is -0.490 e. The highest BCUT2D eigenvalue weighted by Gasteiger charge is 2.20. The van der Waals surface area contributed by atoms with E-state index in [1.165, 1.54) is 0 Å². The van der Waals surface area contributed by atoms with Crippen LogP contribution in [0.1, 0.15) is 59.9 Å². The minimum absolute atomic E-state index is 0.0485. The van der Waals surface area contributed by atoms with E-state index in [0.717, 1.165) is 31.5 Å². The fraction of sp³-hybridized carbons (Fsp3) is 0.440. The zero-order valence-electron chi connectivity index (χ0n) is 19.0. The molecule has 2 aromatic rings. The third-order valence-corrected chi connectivity index (χ3v) is 5.11. The Labute approximate surface area is 189 Å². The highest BCUT2D eigenvalue weighted by atomic mass is 16.5. The summed E-state index contributed by atoms with van der Waals surface area (Å²) in [7, 11) is 0. The first-order valence-corrected chi connectivity index (χ1v) is 11.2. The van der Waals surface area contributed by atoms with Crippen molar-refractivity contribution in [2.75, 3.05) is 32.9 Å². The van der Waals surface area contributed by atoms with E-state index >= 15 is 0 Å². The molecular formula is C25H31NO6. The molecule has 1 fully saturated rings. The lowest BCUT2D eigenvalue weighted by molar-refractivity contribution is 0.0471. The normalized spacial score (nSPS) is 13.0. The van der Waals surface area contributed by atoms with Crippen LogP contribution in [-0.2, 0) is 11.3 Å². The maximum Gasteiger partial charge on any atom is 0.338 e. The molecule has 0 unspecified atom stereocenters. The van der Waals surface area contributed by atoms with Gasteiger partial charge in [0.25, 0.3) is 5.91 Å². The van der Waals surface area contributed by atoms with Gasteiger partial charge < -0.3 is 23.8 Å². The van der Waals surface area contributed by atoms with E-state index < -0.39 is 5.97 Å². The van der Waals surface area contributed by atoms with Gasteiger partial charge in [0.2, 0.25) is 5.75 Å². The molecule has 0 aliphatic carbocycles. The lowest BCUT2D eigenvalue weighted by Crippen LogP contribution is -2.27. The summed E-state index contributed by atoms with van der Waals surface area (Å²) in [5.41, 5.74) is 1.77. The number of carbonyl (C=O) groups excluding carboxylic acids is 2. The Morgan fingerprint density at radius 1 is 0.812 bits per heavy atom. The van der Waals surface area contributed by atoms with E-state index in [1.54, 1.807) is 24.3 Å². The summed E-state index contributed by atoms with van der Waals surface area (Å²) in [6.07, 6.45) is 2.11. The second-order valence-electron chi connectivity index (χ2n) is 7.37. The Hall–Kier alpha value is -3.22. The first-order chi connectivity index (χ1) is 15.6. The van der Waals surface area contributed by atoms with Gasteiger partial charge in [0.1, 0.15) is 6.61 Å². The van der Waals surface area contributed by atoms with Crippen LogP contribution in [0.25, 0.3) is 0 Å². The maximum absolute atomic E-state index is 12.7. The number of carbonyl (C=O) groups is 2. The smallest absolute Gasteiger partial charge is 0.338 e. The second kappa shape index (κ2) is 11.4. The maximum atomic E-state index is 12.7. The number of likely N-dealkylation sites (tertiary alicyclic amines) is 1. The van der Waals surface area contributed by atoms with Crippen LogP contribution in [0.2, 0.25) is 0 Å². The number of hydrogen-bond donors (Lipinski definition) is 0. The molecule has 172 valence electrons. The number of ether oxygens (including phenoxy) is 4. The molecule has 0 spiro atoms. The predicted octanol–water partition coefficient (Wildman–Crippen LogP) is 4.48. The van der Waals surface area contributed by atoms with Crippen LogP contribution < -0.4 is 14.2 Å². The standard InChI is InChI=1S/C25H31NO6/c1-4-29-21-15-20(16-22(30-5-2)23(21)31-6-3)25(28)32-17-18-9-11-19(12-10-18)24(27)26-13-7-8-14-26/h9-12,15-16H,4-8,13-14,17H2,1-3H3. The molecule has 7 heteroatoms. The van der Waals surface area contributed by atoms with Crippen LogP contribution in [0.3, 0.4) is 0 Å². The van der Waals surface area contributed by atoms with Crippen LogP contribution in [0.15, 0.2) is 36.4 Å². The zero-order valence-corrected chi connectivity index (χ0v) is 19.0. The highest BCUT2D eigenvalue weighted by molar-refractivity contribution is 5.94. The first-order valence-electron chi connectivity index (χ1n) is 11.2. The molecule has 1 aliphatic rings. The molecule has 0 aromatic heterocycles. The van der Waals surface area contributed by atoms with E-state index in [1.807, 2.05) is 37.8 Å². The summed E-state index contributed by atoms with van der Waals surface area (Å²) in [6.45, 7) is 8.61. The molecule has 1 aliphatic heterocycles. The van der Waals surface area contributed by atoms with Gasteiger partial charge in [-0.2, -0.15) is 0 Å². The van der Waals surface area contributed by atoms with Crippen molar-refractivity contribution in [1.82, 2.24) is 4.90 Å². The molecule has 0 atom stereocenters. The number of esters is 1. The van der Waals surface area contributed by atoms with Crippen molar-refractivity contribution in [2.24, 2.45) is 0 Å². The molecule has 1 saturated heterocycles. The van der Waals surface area contributed by atoms with Crippen molar-refractivity contribution in [2.45, 2.75) is 40.2 Å². The van der Waals surface area contributed by atoms with Gasteiger partial charge in [-0.1, -0.05) is 12.1 Å². The molecule has 32 heavy (non-hydrogen) atoms. The van der Waals surface area contributed by atoms with E-state index in [9.17, 15) is 9.59 Å². The summed E-state index contributed by atoms with van der Waals surface area (Å²) in [5.74, 6) is 0.916. The molecule has 0 saturated carbocycles. The van der Waals surface area contributed by atoms with Crippen LogP contribution in [0, 0.1) is 0 Å². The van der Waals surface area contributed by atoms with E-state index in [2.05, 4.69) is 0 Å². The number of nitrogens with zero attached hydrogens (tertiary/aromatic N) is 1. The van der Waals surface area contributed by atoms with Crippen LogP contribution in [0.4, 0.5) is 0 Å². The zero-order chi connectivity index (χ0) is 22.9. The number of benzene rings is 2. The molecule has 1 amide bonds. The molecule has 0 radical (unpaired) electrons. The summed E-state index contributed by atoms with van der Waals surface area (Å²) in [5, 5.41) is 0. The number of amides is 1. The number of hydrogen-bond acceptors (Lipinski definition) is 6. The minimum atomic E-state index is -0.493. The molecule has 0 N–H and O–H groups in total. The van der Waals surface area contributed by atoms with Crippen molar-refractivity contribution in [3.05, 3.63) is 53.1 Å². The third-order valence-electron chi connectivity index (χ3n) is 5.11. The largest absolute Gasteiger partial charge is 0.490 e. The molecule has 1 heterocycles. The third kappa shape index (κ3) is 5.72. The number of rotatable bonds is 10. The van der Waals surface area contributed by atoms with Gasteiger partial charge in [0, 0.05) is 18.7 Å². The van der Waals surface area contributed by atoms with Crippen molar-refractivity contribution >= 4 is 11.9 Å². The topological polar surface area (TPSA) is 74.3 Å². The Morgan fingerprint density at radius 3 is 1.91 bits per heavy atom. The van der Waals surface area contributed by atoms with Gasteiger partial charge >= 0.3 is 5.97 Å². The fourth-order valence-corrected chi connectivity index (χ4v) is 3.59. The van der Waals surface area contributed by atoms with Crippen LogP contribution in [-0.4, -0.2) is 49.7 Å². The lowest BCUT2D eigenvalue weighted by atomic mass is 10.1. The van der Waals surface area contributed by atoms with Gasteiger partial charge in [-0.15, -0.1) is 0 Å². The van der Waals surface area contributed by atoms with Crippen LogP contribution in [0.5, 0.6) is 17.2 Å². The van der Waals surface area contributed by atoms with E-state index in [4.69, 9.17) is 18.9 Å². The average Bonchev–Trinajstić information content (AvgIpc) is 3.34. The highest BCUT2D eigenvalue weighted by Crippen LogP contribution is 2.39. The molecular weight excluding hydrogens is 410 g/mol. The Kier molecular flexibility index (Phi) is 8.36. The van der Waals surface area contributed by atoms with Gasteiger partial charge in [-0.05, 0) is 63.4 Å². The molecule has 7 nitrogen and oxygen atoms in total. The fourth-order valence-electron chi connectivity index (χ4n) is 3.59. The SMILES string of the molecule is CCOc1cc(C(=O)OCc2ccc(C(=O)N3CCCC3)cc2)cc(OCC)c1OCC. The van der Waals surface area contributed by atoms with Gasteiger partial charge in [-0.3, -0.25) is 4.79 Å². The van der Waals surface area contributed by atoms with Gasteiger partial charge in [0.15, 0.2) is 11.5 Å². The summed E-state index contributed by atoms with van der Waals surface area (Å²) in [6, 6.07) is 10.4. The lowest BCUT2D eigenvalue weighted by Gasteiger charge is -2.17. The van der Waals surface area contributed by atoms with Gasteiger partial charge in [0.05, 0.1) is 25.4 Å². The predicted molar refractivity (Wildman–Crippen MR) is 121 cm³/mol. The van der Waals surface area contributed by atoms with Crippen molar-refractivity contribution < 1.29 is 28.5 Å². The summed E-state index contributed by atoms with van der Waals surface area (Å²) < 4.78 is 22.5. The monoisotopic (exact) mass is 441 g/mol. The van der Waals surface area contributed by atoms with E-state index in [0.29, 0.717) is 48.2 Å². The molecule has 2 aromatic carbocycles.